The van der Waals surface area contributed by atoms with Crippen LogP contribution in [-0.2, 0) is 16.4 Å². The van der Waals surface area contributed by atoms with E-state index in [1.807, 2.05) is 13.0 Å². The van der Waals surface area contributed by atoms with Crippen LogP contribution in [0.4, 0.5) is 0 Å². The Bertz CT molecular complexity index is 784. The van der Waals surface area contributed by atoms with Crippen LogP contribution in [0.3, 0.4) is 0 Å². The molecular weight excluding hydrogens is 378 g/mol. The van der Waals surface area contributed by atoms with Gasteiger partial charge in [-0.1, -0.05) is 0 Å². The molecule has 0 aromatic carbocycles. The van der Waals surface area contributed by atoms with Gasteiger partial charge < -0.3 is 4.57 Å². The number of nitrogens with zero attached hydrogens (tertiary/aromatic N) is 3. The normalized spacial score (nSPS) is 14.6. The standard InChI is InChI=1S/C13H17BrClN3O2S/c1-8(15)11-17-10-5-9(14)6-16-12(10)18(11)7-13(2,3)21(4,19)20/h5-6,8H,7H2,1-4H3. The summed E-state index contributed by atoms with van der Waals surface area (Å²) >= 11 is 9.55. The Morgan fingerprint density at radius 2 is 2.10 bits per heavy atom. The van der Waals surface area contributed by atoms with Crippen LogP contribution < -0.4 is 0 Å². The van der Waals surface area contributed by atoms with Gasteiger partial charge in [0.1, 0.15) is 11.3 Å². The van der Waals surface area contributed by atoms with Crippen LogP contribution in [0.5, 0.6) is 0 Å². The van der Waals surface area contributed by atoms with Crippen LogP contribution in [0.25, 0.3) is 11.2 Å². The third-order valence-corrected chi connectivity index (χ3v) is 6.25. The second-order valence-electron chi connectivity index (χ2n) is 5.70. The topological polar surface area (TPSA) is 64.8 Å². The maximum absolute atomic E-state index is 12.0. The zero-order valence-electron chi connectivity index (χ0n) is 12.3. The first-order valence-corrected chi connectivity index (χ1v) is 9.50. The van der Waals surface area contributed by atoms with E-state index in [2.05, 4.69) is 25.9 Å². The summed E-state index contributed by atoms with van der Waals surface area (Å²) in [6.07, 6.45) is 2.90. The van der Waals surface area contributed by atoms with Gasteiger partial charge in [-0.25, -0.2) is 18.4 Å². The van der Waals surface area contributed by atoms with E-state index in [1.54, 1.807) is 24.6 Å². The molecule has 0 aliphatic heterocycles. The fourth-order valence-corrected chi connectivity index (χ4v) is 2.81. The number of rotatable bonds is 4. The van der Waals surface area contributed by atoms with Gasteiger partial charge in [0, 0.05) is 23.5 Å². The second kappa shape index (κ2) is 5.52. The fourth-order valence-electron chi connectivity index (χ4n) is 1.96. The van der Waals surface area contributed by atoms with Crippen LogP contribution in [0.2, 0.25) is 0 Å². The van der Waals surface area contributed by atoms with Gasteiger partial charge in [-0.15, -0.1) is 11.6 Å². The van der Waals surface area contributed by atoms with Crippen LogP contribution in [0, 0.1) is 0 Å². The predicted octanol–water partition coefficient (Wildman–Crippen LogP) is 3.32. The summed E-state index contributed by atoms with van der Waals surface area (Å²) in [5.41, 5.74) is 1.33. The van der Waals surface area contributed by atoms with Crippen LogP contribution in [0.1, 0.15) is 32.0 Å². The van der Waals surface area contributed by atoms with E-state index in [0.717, 1.165) is 4.47 Å². The number of alkyl halides is 1. The first-order chi connectivity index (χ1) is 9.53. The molecule has 5 nitrogen and oxygen atoms in total. The summed E-state index contributed by atoms with van der Waals surface area (Å²) < 4.78 is 25.6. The minimum Gasteiger partial charge on any atom is -0.310 e. The lowest BCUT2D eigenvalue weighted by atomic mass is 10.2. The third-order valence-electron chi connectivity index (χ3n) is 3.48. The molecule has 0 aliphatic carbocycles. The van der Waals surface area contributed by atoms with Crippen molar-refractivity contribution in [3.8, 4) is 0 Å². The molecule has 0 fully saturated rings. The molecule has 0 bridgehead atoms. The largest absolute Gasteiger partial charge is 0.310 e. The number of aromatic nitrogens is 3. The molecular formula is C13H17BrClN3O2S. The summed E-state index contributed by atoms with van der Waals surface area (Å²) in [7, 11) is -3.23. The van der Waals surface area contributed by atoms with Crippen molar-refractivity contribution in [2.24, 2.45) is 0 Å². The number of sulfone groups is 1. The lowest BCUT2D eigenvalue weighted by molar-refractivity contribution is 0.498. The quantitative estimate of drug-likeness (QED) is 0.746. The summed E-state index contributed by atoms with van der Waals surface area (Å²) in [5.74, 6) is 0.619. The lowest BCUT2D eigenvalue weighted by Crippen LogP contribution is -2.36. The number of hydrogen-bond donors (Lipinski definition) is 0. The van der Waals surface area contributed by atoms with Crippen molar-refractivity contribution in [1.82, 2.24) is 14.5 Å². The van der Waals surface area contributed by atoms with E-state index in [1.165, 1.54) is 6.26 Å². The molecule has 0 N–H and O–H groups in total. The summed E-state index contributed by atoms with van der Waals surface area (Å²) in [6, 6.07) is 1.84. The molecule has 0 amide bonds. The molecule has 0 saturated carbocycles. The zero-order valence-corrected chi connectivity index (χ0v) is 15.4. The minimum absolute atomic E-state index is 0.253. The van der Waals surface area contributed by atoms with Gasteiger partial charge in [-0.3, -0.25) is 0 Å². The van der Waals surface area contributed by atoms with Gasteiger partial charge in [0.05, 0.1) is 10.1 Å². The van der Waals surface area contributed by atoms with Crippen LogP contribution >= 0.6 is 27.5 Å². The average Bonchev–Trinajstić information content (AvgIpc) is 2.65. The molecule has 0 radical (unpaired) electrons. The highest BCUT2D eigenvalue weighted by molar-refractivity contribution is 9.10. The molecule has 2 aromatic rings. The fraction of sp³-hybridized carbons (Fsp3) is 0.538. The highest BCUT2D eigenvalue weighted by atomic mass is 79.9. The summed E-state index contributed by atoms with van der Waals surface area (Å²) in [5, 5.41) is -0.340. The van der Waals surface area contributed by atoms with Crippen molar-refractivity contribution in [1.29, 1.82) is 0 Å². The van der Waals surface area contributed by atoms with Gasteiger partial charge in [0.25, 0.3) is 0 Å². The summed E-state index contributed by atoms with van der Waals surface area (Å²) in [6.45, 7) is 5.44. The van der Waals surface area contributed by atoms with Gasteiger partial charge in [0.15, 0.2) is 15.5 Å². The molecule has 1 unspecified atom stereocenters. The van der Waals surface area contributed by atoms with Crippen molar-refractivity contribution in [3.05, 3.63) is 22.6 Å². The maximum Gasteiger partial charge on any atom is 0.160 e. The number of fused-ring (bicyclic) bond motifs is 1. The molecule has 8 heteroatoms. The van der Waals surface area contributed by atoms with E-state index >= 15 is 0 Å². The molecule has 21 heavy (non-hydrogen) atoms. The van der Waals surface area contributed by atoms with E-state index in [0.29, 0.717) is 17.0 Å². The molecule has 2 rings (SSSR count). The first-order valence-electron chi connectivity index (χ1n) is 6.38. The smallest absolute Gasteiger partial charge is 0.160 e. The number of halogens is 2. The van der Waals surface area contributed by atoms with Crippen molar-refractivity contribution in [2.75, 3.05) is 6.26 Å². The van der Waals surface area contributed by atoms with Gasteiger partial charge in [0.2, 0.25) is 0 Å². The maximum atomic E-state index is 12.0. The van der Waals surface area contributed by atoms with Crippen molar-refractivity contribution < 1.29 is 8.42 Å². The molecule has 0 saturated heterocycles. The lowest BCUT2D eigenvalue weighted by Gasteiger charge is -2.24. The Morgan fingerprint density at radius 3 is 2.62 bits per heavy atom. The highest BCUT2D eigenvalue weighted by Crippen LogP contribution is 2.28. The van der Waals surface area contributed by atoms with Crippen LogP contribution in [0.15, 0.2) is 16.7 Å². The molecule has 0 spiro atoms. The van der Waals surface area contributed by atoms with Crippen molar-refractivity contribution in [3.63, 3.8) is 0 Å². The second-order valence-corrected chi connectivity index (χ2v) is 9.92. The average molecular weight is 395 g/mol. The zero-order chi connectivity index (χ0) is 16.0. The number of imidazole rings is 1. The van der Waals surface area contributed by atoms with Crippen molar-refractivity contribution >= 4 is 48.5 Å². The highest BCUT2D eigenvalue weighted by Gasteiger charge is 2.33. The van der Waals surface area contributed by atoms with E-state index in [-0.39, 0.29) is 11.9 Å². The Morgan fingerprint density at radius 1 is 1.48 bits per heavy atom. The van der Waals surface area contributed by atoms with Gasteiger partial charge in [-0.05, 0) is 42.8 Å². The molecule has 2 heterocycles. The Balaban J connectivity index is 2.64. The Hall–Kier alpha value is -0.660. The predicted molar refractivity (Wildman–Crippen MR) is 88.4 cm³/mol. The molecule has 116 valence electrons. The number of hydrogen-bond acceptors (Lipinski definition) is 4. The minimum atomic E-state index is -3.23. The molecule has 0 aliphatic rings. The van der Waals surface area contributed by atoms with E-state index in [9.17, 15) is 8.42 Å². The molecule has 2 aromatic heterocycles. The monoisotopic (exact) mass is 393 g/mol. The van der Waals surface area contributed by atoms with Gasteiger partial charge in [-0.2, -0.15) is 0 Å². The number of pyridine rings is 1. The van der Waals surface area contributed by atoms with E-state index in [4.69, 9.17) is 11.6 Å². The van der Waals surface area contributed by atoms with Crippen LogP contribution in [-0.4, -0.2) is 34.0 Å². The first kappa shape index (κ1) is 16.7. The Labute approximate surface area is 137 Å². The third kappa shape index (κ3) is 3.24. The van der Waals surface area contributed by atoms with Gasteiger partial charge >= 0.3 is 0 Å². The van der Waals surface area contributed by atoms with E-state index < -0.39 is 14.6 Å². The summed E-state index contributed by atoms with van der Waals surface area (Å²) in [4.78, 5) is 8.83. The Kier molecular flexibility index (Phi) is 4.39. The van der Waals surface area contributed by atoms with Crippen molar-refractivity contribution in [2.45, 2.75) is 37.4 Å². The SMILES string of the molecule is CC(Cl)c1nc2cc(Br)cnc2n1CC(C)(C)S(C)(=O)=O. The molecule has 1 atom stereocenters.